The number of nitrogens with one attached hydrogen (secondary N) is 2. The van der Waals surface area contributed by atoms with Gasteiger partial charge in [0.25, 0.3) is 5.91 Å². The Balaban J connectivity index is 4.26. The first kappa shape index (κ1) is 19.9. The van der Waals surface area contributed by atoms with E-state index < -0.39 is 30.7 Å². The van der Waals surface area contributed by atoms with Crippen LogP contribution in [0.25, 0.3) is 0 Å². The molecule has 0 spiro atoms. The Morgan fingerprint density at radius 3 is 2.30 bits per heavy atom. The van der Waals surface area contributed by atoms with Gasteiger partial charge in [0.15, 0.2) is 0 Å². The summed E-state index contributed by atoms with van der Waals surface area (Å²) in [6.45, 7) is 3.69. The molecule has 0 bridgehead atoms. The van der Waals surface area contributed by atoms with Gasteiger partial charge in [0.1, 0.15) is 12.1 Å². The molecule has 0 saturated carbocycles. The lowest BCUT2D eigenvalue weighted by molar-refractivity contribution is -0.132. The summed E-state index contributed by atoms with van der Waals surface area (Å²) in [6.07, 6.45) is 0. The molecule has 0 radical (unpaired) electrons. The van der Waals surface area contributed by atoms with Gasteiger partial charge in [-0.2, -0.15) is 10.5 Å². The molecule has 0 aromatic carbocycles. The predicted octanol–water partition coefficient (Wildman–Crippen LogP) is -1.49. The topological polar surface area (TPSA) is 148 Å². The first-order valence-electron chi connectivity index (χ1n) is 6.79. The Hall–Kier alpha value is -3.14. The second kappa shape index (κ2) is 11.5. The summed E-state index contributed by atoms with van der Waals surface area (Å²) < 4.78 is 0. The summed E-state index contributed by atoms with van der Waals surface area (Å²) in [5, 5.41) is 24.6. The molecule has 0 aromatic rings. The fourth-order valence-corrected chi connectivity index (χ4v) is 1.41. The monoisotopic (exact) mass is 322 g/mol. The normalized spacial score (nSPS) is 10.0. The molecule has 23 heavy (non-hydrogen) atoms. The fourth-order valence-electron chi connectivity index (χ4n) is 1.41. The minimum absolute atomic E-state index is 0.180. The van der Waals surface area contributed by atoms with Crippen molar-refractivity contribution < 1.29 is 19.2 Å². The van der Waals surface area contributed by atoms with Gasteiger partial charge in [0.2, 0.25) is 24.1 Å². The Kier molecular flexibility index (Phi) is 9.94. The van der Waals surface area contributed by atoms with Crippen LogP contribution in [-0.2, 0) is 19.2 Å². The van der Waals surface area contributed by atoms with Gasteiger partial charge in [-0.25, -0.2) is 0 Å². The van der Waals surface area contributed by atoms with Crippen LogP contribution in [0.15, 0.2) is 5.16 Å². The van der Waals surface area contributed by atoms with E-state index in [-0.39, 0.29) is 12.5 Å². The van der Waals surface area contributed by atoms with Gasteiger partial charge in [-0.05, 0) is 13.8 Å². The molecule has 0 rings (SSSR count). The van der Waals surface area contributed by atoms with E-state index in [0.717, 1.165) is 0 Å². The van der Waals surface area contributed by atoms with E-state index in [1.807, 2.05) is 13.8 Å². The number of hydrogen-bond acceptors (Lipinski definition) is 7. The molecule has 0 fully saturated rings. The number of carbonyl (C=O) groups excluding carboxylic acids is 3. The standard InChI is InChI=1S/C13H18N6O4/c1-3-19(4-2)12(21)9-16-11(20)8-17-13(22)10(7-15)18-23-6-5-14/h3-4,6,8-9H2,1-2H3,(H,16,20)(H,17,22). The highest BCUT2D eigenvalue weighted by Crippen LogP contribution is 1.87. The van der Waals surface area contributed by atoms with E-state index in [2.05, 4.69) is 20.6 Å². The Bertz CT molecular complexity index is 542. The lowest BCUT2D eigenvalue weighted by atomic mass is 10.4. The molecule has 124 valence electrons. The van der Waals surface area contributed by atoms with Crippen molar-refractivity contribution in [2.24, 2.45) is 5.16 Å². The maximum atomic E-state index is 11.7. The number of amides is 3. The third-order valence-corrected chi connectivity index (χ3v) is 2.57. The van der Waals surface area contributed by atoms with Gasteiger partial charge < -0.3 is 20.4 Å². The first-order valence-corrected chi connectivity index (χ1v) is 6.79. The largest absolute Gasteiger partial charge is 0.379 e. The highest BCUT2D eigenvalue weighted by molar-refractivity contribution is 6.45. The van der Waals surface area contributed by atoms with Crippen LogP contribution in [0.3, 0.4) is 0 Å². The first-order chi connectivity index (χ1) is 11.0. The van der Waals surface area contributed by atoms with E-state index in [0.29, 0.717) is 13.1 Å². The predicted molar refractivity (Wildman–Crippen MR) is 78.6 cm³/mol. The minimum atomic E-state index is -0.921. The van der Waals surface area contributed by atoms with Crippen molar-refractivity contribution in [3.05, 3.63) is 0 Å². The number of rotatable bonds is 9. The van der Waals surface area contributed by atoms with Crippen molar-refractivity contribution in [1.82, 2.24) is 15.5 Å². The quantitative estimate of drug-likeness (QED) is 0.300. The van der Waals surface area contributed by atoms with Crippen LogP contribution in [0.5, 0.6) is 0 Å². The molecule has 0 aliphatic heterocycles. The zero-order valence-electron chi connectivity index (χ0n) is 13.0. The maximum absolute atomic E-state index is 11.7. The van der Waals surface area contributed by atoms with Gasteiger partial charge in [-0.15, -0.1) is 0 Å². The summed E-state index contributed by atoms with van der Waals surface area (Å²) in [5.41, 5.74) is -0.618. The fraction of sp³-hybridized carbons (Fsp3) is 0.538. The lowest BCUT2D eigenvalue weighted by Gasteiger charge is -2.18. The molecular weight excluding hydrogens is 304 g/mol. The number of likely N-dealkylation sites (N-methyl/N-ethyl adjacent to an activating group) is 1. The van der Waals surface area contributed by atoms with Gasteiger partial charge >= 0.3 is 0 Å². The molecule has 0 saturated heterocycles. The van der Waals surface area contributed by atoms with Crippen LogP contribution in [0.1, 0.15) is 13.8 Å². The second-order valence-corrected chi connectivity index (χ2v) is 4.01. The molecule has 2 N–H and O–H groups in total. The van der Waals surface area contributed by atoms with E-state index >= 15 is 0 Å². The number of carbonyl (C=O) groups is 3. The Morgan fingerprint density at radius 2 is 1.78 bits per heavy atom. The van der Waals surface area contributed by atoms with Crippen LogP contribution in [0, 0.1) is 22.7 Å². The maximum Gasteiger partial charge on any atom is 0.284 e. The Morgan fingerprint density at radius 1 is 1.13 bits per heavy atom. The van der Waals surface area contributed by atoms with Crippen molar-refractivity contribution in [3.8, 4) is 12.1 Å². The molecule has 3 amide bonds. The third-order valence-electron chi connectivity index (χ3n) is 2.57. The molecule has 0 unspecified atom stereocenters. The van der Waals surface area contributed by atoms with Crippen LogP contribution < -0.4 is 10.6 Å². The summed E-state index contributed by atoms with van der Waals surface area (Å²) >= 11 is 0. The summed E-state index contributed by atoms with van der Waals surface area (Å²) in [7, 11) is 0. The smallest absolute Gasteiger partial charge is 0.284 e. The molecule has 0 aliphatic rings. The zero-order chi connectivity index (χ0) is 17.7. The second-order valence-electron chi connectivity index (χ2n) is 4.01. The Labute approximate surface area is 133 Å². The molecule has 0 atom stereocenters. The van der Waals surface area contributed by atoms with Gasteiger partial charge in [0.05, 0.1) is 13.1 Å². The summed E-state index contributed by atoms with van der Waals surface area (Å²) in [4.78, 5) is 40.7. The van der Waals surface area contributed by atoms with Crippen molar-refractivity contribution in [2.45, 2.75) is 13.8 Å². The average Bonchev–Trinajstić information content (AvgIpc) is 2.55. The van der Waals surface area contributed by atoms with Crippen LogP contribution >= 0.6 is 0 Å². The molecule has 10 heteroatoms. The number of nitriles is 2. The summed E-state index contributed by atoms with van der Waals surface area (Å²) in [5.74, 6) is -1.75. The van der Waals surface area contributed by atoms with Gasteiger partial charge in [0, 0.05) is 13.1 Å². The van der Waals surface area contributed by atoms with Gasteiger partial charge in [-0.3, -0.25) is 14.4 Å². The van der Waals surface area contributed by atoms with E-state index in [1.54, 1.807) is 11.0 Å². The minimum Gasteiger partial charge on any atom is -0.379 e. The van der Waals surface area contributed by atoms with Crippen molar-refractivity contribution in [3.63, 3.8) is 0 Å². The van der Waals surface area contributed by atoms with Crippen LogP contribution in [0.2, 0.25) is 0 Å². The van der Waals surface area contributed by atoms with Crippen molar-refractivity contribution in [2.75, 3.05) is 32.8 Å². The molecular formula is C13H18N6O4. The van der Waals surface area contributed by atoms with E-state index in [9.17, 15) is 14.4 Å². The molecule has 0 aliphatic carbocycles. The summed E-state index contributed by atoms with van der Waals surface area (Å²) in [6, 6.07) is 3.09. The van der Waals surface area contributed by atoms with E-state index in [4.69, 9.17) is 10.5 Å². The highest BCUT2D eigenvalue weighted by Gasteiger charge is 2.14. The average molecular weight is 322 g/mol. The number of hydrogen-bond donors (Lipinski definition) is 2. The number of oxime groups is 1. The lowest BCUT2D eigenvalue weighted by Crippen LogP contribution is -2.44. The van der Waals surface area contributed by atoms with Crippen molar-refractivity contribution in [1.29, 1.82) is 10.5 Å². The third kappa shape index (κ3) is 8.02. The van der Waals surface area contributed by atoms with Crippen LogP contribution in [0.4, 0.5) is 0 Å². The molecule has 0 heterocycles. The van der Waals surface area contributed by atoms with Crippen LogP contribution in [-0.4, -0.2) is 61.1 Å². The highest BCUT2D eigenvalue weighted by atomic mass is 16.6. The van der Waals surface area contributed by atoms with Gasteiger partial charge in [-0.1, -0.05) is 5.16 Å². The molecule has 0 aromatic heterocycles. The SMILES string of the molecule is CCN(CC)C(=O)CNC(=O)CNC(=O)C(C#N)=NOCC#N. The number of nitrogens with zero attached hydrogens (tertiary/aromatic N) is 4. The van der Waals surface area contributed by atoms with Crippen molar-refractivity contribution >= 4 is 23.4 Å². The zero-order valence-corrected chi connectivity index (χ0v) is 13.0. The molecule has 10 nitrogen and oxygen atoms in total. The van der Waals surface area contributed by atoms with E-state index in [1.165, 1.54) is 6.07 Å².